The highest BCUT2D eigenvalue weighted by molar-refractivity contribution is 6.31. The van der Waals surface area contributed by atoms with Gasteiger partial charge < -0.3 is 9.73 Å². The Morgan fingerprint density at radius 1 is 1.29 bits per heavy atom. The number of furan rings is 1. The predicted molar refractivity (Wildman–Crippen MR) is 69.1 cm³/mol. The third-order valence-electron chi connectivity index (χ3n) is 2.22. The van der Waals surface area contributed by atoms with E-state index in [9.17, 15) is 4.39 Å². The van der Waals surface area contributed by atoms with E-state index < -0.39 is 5.82 Å². The van der Waals surface area contributed by atoms with E-state index >= 15 is 0 Å². The average molecular weight is 276 g/mol. The molecule has 1 aromatic carbocycles. The summed E-state index contributed by atoms with van der Waals surface area (Å²) in [5, 5.41) is 3.09. The minimum atomic E-state index is -0.424. The van der Waals surface area contributed by atoms with Crippen LogP contribution >= 0.6 is 24.0 Å². The molecule has 0 unspecified atom stereocenters. The summed E-state index contributed by atoms with van der Waals surface area (Å²) in [5.74, 6) is 1.09. The lowest BCUT2D eigenvalue weighted by Crippen LogP contribution is -2.03. The van der Waals surface area contributed by atoms with Crippen molar-refractivity contribution in [2.45, 2.75) is 6.54 Å². The van der Waals surface area contributed by atoms with Gasteiger partial charge in [-0.05, 0) is 37.4 Å². The maximum atomic E-state index is 13.0. The topological polar surface area (TPSA) is 25.2 Å². The van der Waals surface area contributed by atoms with Crippen LogP contribution in [-0.2, 0) is 6.54 Å². The molecule has 0 bridgehead atoms. The Kier molecular flexibility index (Phi) is 5.00. The molecule has 0 saturated heterocycles. The quantitative estimate of drug-likeness (QED) is 0.920. The maximum absolute atomic E-state index is 13.0. The third kappa shape index (κ3) is 3.22. The molecule has 1 aromatic heterocycles. The van der Waals surface area contributed by atoms with Gasteiger partial charge in [0.2, 0.25) is 0 Å². The molecule has 0 saturated carbocycles. The summed E-state index contributed by atoms with van der Waals surface area (Å²) in [5.41, 5.74) is 0.772. The van der Waals surface area contributed by atoms with Crippen LogP contribution in [0, 0.1) is 5.82 Å². The van der Waals surface area contributed by atoms with Crippen LogP contribution in [0.3, 0.4) is 0 Å². The Bertz CT molecular complexity index is 499. The van der Waals surface area contributed by atoms with Gasteiger partial charge in [-0.1, -0.05) is 11.6 Å². The summed E-state index contributed by atoms with van der Waals surface area (Å²) in [7, 11) is 1.84. The molecule has 0 aliphatic carbocycles. The van der Waals surface area contributed by atoms with E-state index in [2.05, 4.69) is 5.32 Å². The molecule has 5 heteroatoms. The fraction of sp³-hybridized carbons (Fsp3) is 0.167. The molecule has 2 rings (SSSR count). The van der Waals surface area contributed by atoms with Crippen LogP contribution in [0.25, 0.3) is 11.3 Å². The molecular weight excluding hydrogens is 264 g/mol. The molecule has 92 valence electrons. The fourth-order valence-corrected chi connectivity index (χ4v) is 1.63. The Morgan fingerprint density at radius 2 is 2.06 bits per heavy atom. The van der Waals surface area contributed by atoms with E-state index in [-0.39, 0.29) is 17.4 Å². The Morgan fingerprint density at radius 3 is 2.71 bits per heavy atom. The summed E-state index contributed by atoms with van der Waals surface area (Å²) < 4.78 is 18.5. The highest BCUT2D eigenvalue weighted by Gasteiger charge is 2.07. The molecule has 2 aromatic rings. The van der Waals surface area contributed by atoms with Gasteiger partial charge in [0, 0.05) is 5.56 Å². The van der Waals surface area contributed by atoms with Crippen molar-refractivity contribution in [2.75, 3.05) is 7.05 Å². The van der Waals surface area contributed by atoms with Crippen molar-refractivity contribution in [1.82, 2.24) is 5.32 Å². The van der Waals surface area contributed by atoms with Crippen molar-refractivity contribution >= 4 is 24.0 Å². The lowest BCUT2D eigenvalue weighted by molar-refractivity contribution is 0.507. The van der Waals surface area contributed by atoms with E-state index in [1.807, 2.05) is 19.2 Å². The van der Waals surface area contributed by atoms with Crippen LogP contribution in [0.2, 0.25) is 5.02 Å². The van der Waals surface area contributed by atoms with Gasteiger partial charge in [-0.3, -0.25) is 0 Å². The first kappa shape index (κ1) is 14.0. The fourth-order valence-electron chi connectivity index (χ4n) is 1.45. The molecule has 1 N–H and O–H groups in total. The number of rotatable bonds is 3. The van der Waals surface area contributed by atoms with E-state index in [1.54, 1.807) is 12.1 Å². The standard InChI is InChI=1S/C12H11ClFNO.ClH/c1-15-7-9-3-5-12(16-9)8-2-4-11(14)10(13)6-8;/h2-6,15H,7H2,1H3;1H. The van der Waals surface area contributed by atoms with Gasteiger partial charge in [0.25, 0.3) is 0 Å². The Balaban J connectivity index is 0.00000144. The average Bonchev–Trinajstić information content (AvgIpc) is 2.71. The summed E-state index contributed by atoms with van der Waals surface area (Å²) in [6.07, 6.45) is 0. The smallest absolute Gasteiger partial charge is 0.141 e. The molecule has 0 spiro atoms. The van der Waals surface area contributed by atoms with Crippen LogP contribution in [0.5, 0.6) is 0 Å². The molecule has 0 amide bonds. The van der Waals surface area contributed by atoms with E-state index in [0.29, 0.717) is 12.3 Å². The second-order valence-electron chi connectivity index (χ2n) is 3.43. The first-order chi connectivity index (χ1) is 7.70. The summed E-state index contributed by atoms with van der Waals surface area (Å²) >= 11 is 5.70. The molecule has 17 heavy (non-hydrogen) atoms. The first-order valence-electron chi connectivity index (χ1n) is 4.89. The first-order valence-corrected chi connectivity index (χ1v) is 5.27. The minimum Gasteiger partial charge on any atom is -0.460 e. The van der Waals surface area contributed by atoms with E-state index in [1.165, 1.54) is 6.07 Å². The molecule has 0 aliphatic heterocycles. The monoisotopic (exact) mass is 275 g/mol. The van der Waals surface area contributed by atoms with E-state index in [0.717, 1.165) is 11.3 Å². The number of halogens is 3. The second kappa shape index (κ2) is 6.05. The summed E-state index contributed by atoms with van der Waals surface area (Å²) in [4.78, 5) is 0. The molecule has 1 heterocycles. The second-order valence-corrected chi connectivity index (χ2v) is 3.83. The van der Waals surface area contributed by atoms with Gasteiger partial charge >= 0.3 is 0 Å². The van der Waals surface area contributed by atoms with Crippen LogP contribution in [0.1, 0.15) is 5.76 Å². The Hall–Kier alpha value is -1.03. The molecular formula is C12H12Cl2FNO. The predicted octanol–water partition coefficient (Wildman–Crippen LogP) is 3.88. The lowest BCUT2D eigenvalue weighted by atomic mass is 10.2. The molecule has 0 fully saturated rings. The zero-order valence-corrected chi connectivity index (χ0v) is 10.7. The van der Waals surface area contributed by atoms with Crippen molar-refractivity contribution in [3.8, 4) is 11.3 Å². The third-order valence-corrected chi connectivity index (χ3v) is 2.51. The van der Waals surface area contributed by atoms with Crippen molar-refractivity contribution in [3.05, 3.63) is 46.9 Å². The zero-order chi connectivity index (χ0) is 11.5. The normalized spacial score (nSPS) is 10.1. The minimum absolute atomic E-state index is 0. The molecule has 0 radical (unpaired) electrons. The van der Waals surface area contributed by atoms with Crippen molar-refractivity contribution in [1.29, 1.82) is 0 Å². The van der Waals surface area contributed by atoms with Gasteiger partial charge in [-0.25, -0.2) is 4.39 Å². The summed E-state index contributed by atoms with van der Waals surface area (Å²) in [6.45, 7) is 0.662. The highest BCUT2D eigenvalue weighted by atomic mass is 35.5. The van der Waals surface area contributed by atoms with Crippen LogP contribution < -0.4 is 5.32 Å². The molecule has 0 aliphatic rings. The van der Waals surface area contributed by atoms with Gasteiger partial charge in [0.1, 0.15) is 17.3 Å². The summed E-state index contributed by atoms with van der Waals surface area (Å²) in [6, 6.07) is 8.25. The molecule has 0 atom stereocenters. The zero-order valence-electron chi connectivity index (χ0n) is 9.17. The van der Waals surface area contributed by atoms with Gasteiger partial charge in [0.05, 0.1) is 11.6 Å². The van der Waals surface area contributed by atoms with Gasteiger partial charge in [0.15, 0.2) is 0 Å². The number of hydrogen-bond acceptors (Lipinski definition) is 2. The van der Waals surface area contributed by atoms with Crippen molar-refractivity contribution in [3.63, 3.8) is 0 Å². The van der Waals surface area contributed by atoms with Crippen LogP contribution in [0.4, 0.5) is 4.39 Å². The van der Waals surface area contributed by atoms with Crippen molar-refractivity contribution in [2.24, 2.45) is 0 Å². The number of benzene rings is 1. The lowest BCUT2D eigenvalue weighted by Gasteiger charge is -1.99. The van der Waals surface area contributed by atoms with Crippen LogP contribution in [0.15, 0.2) is 34.7 Å². The van der Waals surface area contributed by atoms with Gasteiger partial charge in [-0.2, -0.15) is 0 Å². The Labute approximate surface area is 110 Å². The van der Waals surface area contributed by atoms with Crippen molar-refractivity contribution < 1.29 is 8.81 Å². The van der Waals surface area contributed by atoms with Crippen LogP contribution in [-0.4, -0.2) is 7.05 Å². The number of nitrogens with one attached hydrogen (secondary N) is 1. The van der Waals surface area contributed by atoms with E-state index in [4.69, 9.17) is 16.0 Å². The highest BCUT2D eigenvalue weighted by Crippen LogP contribution is 2.26. The maximum Gasteiger partial charge on any atom is 0.141 e. The van der Waals surface area contributed by atoms with Gasteiger partial charge in [-0.15, -0.1) is 12.4 Å². The molecule has 2 nitrogen and oxygen atoms in total. The SMILES string of the molecule is CNCc1ccc(-c2ccc(F)c(Cl)c2)o1.Cl. The number of hydrogen-bond donors (Lipinski definition) is 1. The largest absolute Gasteiger partial charge is 0.460 e.